The minimum Gasteiger partial charge on any atom is -0.481 e. The molecule has 0 aliphatic heterocycles. The molecule has 21 heavy (non-hydrogen) atoms. The maximum atomic E-state index is 12.4. The minimum absolute atomic E-state index is 0.164. The van der Waals surface area contributed by atoms with Crippen LogP contribution < -0.4 is 9.64 Å². The molecule has 2 aromatic carbocycles. The van der Waals surface area contributed by atoms with E-state index < -0.39 is 6.10 Å². The van der Waals surface area contributed by atoms with Gasteiger partial charge in [0, 0.05) is 11.5 Å². The Balaban J connectivity index is 2.11. The third kappa shape index (κ3) is 3.99. The Hall–Kier alpha value is -1.52. The highest BCUT2D eigenvalue weighted by Crippen LogP contribution is 2.28. The van der Waals surface area contributed by atoms with Gasteiger partial charge in [-0.3, -0.25) is 4.79 Å². The first-order valence-electron chi connectivity index (χ1n) is 6.43. The number of benzene rings is 2. The van der Waals surface area contributed by atoms with E-state index in [1.807, 2.05) is 36.4 Å². The molecule has 0 aliphatic carbocycles. The molecule has 1 unspecified atom stereocenters. The fourth-order valence-electron chi connectivity index (χ4n) is 1.90. The van der Waals surface area contributed by atoms with Gasteiger partial charge in [-0.05, 0) is 37.3 Å². The molecule has 0 aromatic heterocycles. The molecule has 0 fully saturated rings. The number of likely N-dealkylation sites (N-methyl/N-ethyl adjacent to an activating group) is 1. The summed E-state index contributed by atoms with van der Waals surface area (Å²) in [5, 5.41) is 0.507. The van der Waals surface area contributed by atoms with Crippen molar-refractivity contribution >= 4 is 39.1 Å². The smallest absolute Gasteiger partial charge is 0.267 e. The van der Waals surface area contributed by atoms with Crippen LogP contribution in [0.1, 0.15) is 6.92 Å². The second kappa shape index (κ2) is 6.96. The number of halogens is 2. The Bertz CT molecular complexity index is 633. The van der Waals surface area contributed by atoms with Crippen molar-refractivity contribution in [2.24, 2.45) is 0 Å². The second-order valence-corrected chi connectivity index (χ2v) is 5.89. The Kier molecular flexibility index (Phi) is 5.26. The first-order chi connectivity index (χ1) is 9.99. The van der Waals surface area contributed by atoms with E-state index in [0.29, 0.717) is 16.5 Å². The quantitative estimate of drug-likeness (QED) is 0.793. The summed E-state index contributed by atoms with van der Waals surface area (Å²) >= 11 is 9.51. The average molecular weight is 369 g/mol. The zero-order chi connectivity index (χ0) is 15.4. The van der Waals surface area contributed by atoms with Gasteiger partial charge in [-0.25, -0.2) is 0 Å². The van der Waals surface area contributed by atoms with Crippen LogP contribution in [0.5, 0.6) is 5.75 Å². The zero-order valence-corrected chi connectivity index (χ0v) is 14.1. The van der Waals surface area contributed by atoms with Gasteiger partial charge in [-0.2, -0.15) is 0 Å². The molecule has 0 saturated heterocycles. The van der Waals surface area contributed by atoms with Crippen molar-refractivity contribution in [2.75, 3.05) is 11.9 Å². The van der Waals surface area contributed by atoms with Gasteiger partial charge >= 0.3 is 0 Å². The van der Waals surface area contributed by atoms with Gasteiger partial charge in [0.15, 0.2) is 6.10 Å². The molecule has 0 N–H and O–H groups in total. The molecule has 0 spiro atoms. The summed E-state index contributed by atoms with van der Waals surface area (Å²) in [7, 11) is 1.68. The van der Waals surface area contributed by atoms with Crippen LogP contribution in [0.25, 0.3) is 0 Å². The van der Waals surface area contributed by atoms with Gasteiger partial charge in [-0.1, -0.05) is 45.7 Å². The summed E-state index contributed by atoms with van der Waals surface area (Å²) in [5.74, 6) is 0.497. The lowest BCUT2D eigenvalue weighted by Crippen LogP contribution is -2.38. The fourth-order valence-corrected chi connectivity index (χ4v) is 2.70. The Morgan fingerprint density at radius 3 is 2.52 bits per heavy atom. The molecule has 5 heteroatoms. The summed E-state index contributed by atoms with van der Waals surface area (Å²) in [6.07, 6.45) is -0.600. The standard InChI is InChI=1S/C16H15BrClNO2/c1-11(21-13-6-4-3-5-7-13)16(20)19(2)15-9-8-12(17)10-14(15)18/h3-11H,1-2H3. The van der Waals surface area contributed by atoms with Crippen molar-refractivity contribution in [1.82, 2.24) is 0 Å². The predicted molar refractivity (Wildman–Crippen MR) is 89.1 cm³/mol. The number of amides is 1. The van der Waals surface area contributed by atoms with Crippen LogP contribution in [0.3, 0.4) is 0 Å². The SMILES string of the molecule is CC(Oc1ccccc1)C(=O)N(C)c1ccc(Br)cc1Cl. The van der Waals surface area contributed by atoms with Gasteiger partial charge in [0.05, 0.1) is 10.7 Å². The molecule has 1 amide bonds. The molecule has 3 nitrogen and oxygen atoms in total. The van der Waals surface area contributed by atoms with Gasteiger partial charge in [-0.15, -0.1) is 0 Å². The zero-order valence-electron chi connectivity index (χ0n) is 11.7. The molecule has 2 aromatic rings. The molecule has 2 rings (SSSR count). The molecule has 110 valence electrons. The van der Waals surface area contributed by atoms with Crippen LogP contribution in [0.15, 0.2) is 53.0 Å². The lowest BCUT2D eigenvalue weighted by molar-refractivity contribution is -0.124. The first kappa shape index (κ1) is 15.9. The van der Waals surface area contributed by atoms with Crippen molar-refractivity contribution < 1.29 is 9.53 Å². The molecule has 0 heterocycles. The van der Waals surface area contributed by atoms with Crippen LogP contribution in [0.4, 0.5) is 5.69 Å². The van der Waals surface area contributed by atoms with Gasteiger partial charge < -0.3 is 9.64 Å². The van der Waals surface area contributed by atoms with Crippen LogP contribution in [-0.4, -0.2) is 19.1 Å². The number of hydrogen-bond acceptors (Lipinski definition) is 2. The summed E-state index contributed by atoms with van der Waals surface area (Å²) in [6.45, 7) is 1.72. The molecule has 0 bridgehead atoms. The van der Waals surface area contributed by atoms with E-state index in [-0.39, 0.29) is 5.91 Å². The predicted octanol–water partition coefficient (Wildman–Crippen LogP) is 4.53. The molecule has 0 radical (unpaired) electrons. The first-order valence-corrected chi connectivity index (χ1v) is 7.60. The van der Waals surface area contributed by atoms with E-state index >= 15 is 0 Å². The summed E-state index contributed by atoms with van der Waals surface area (Å²) < 4.78 is 6.51. The normalized spacial score (nSPS) is 11.8. The maximum absolute atomic E-state index is 12.4. The highest BCUT2D eigenvalue weighted by molar-refractivity contribution is 9.10. The van der Waals surface area contributed by atoms with E-state index in [9.17, 15) is 4.79 Å². The number of carbonyl (C=O) groups excluding carboxylic acids is 1. The summed E-state index contributed by atoms with van der Waals surface area (Å²) in [4.78, 5) is 13.9. The van der Waals surface area contributed by atoms with Crippen LogP contribution in [0, 0.1) is 0 Å². The van der Waals surface area contributed by atoms with Gasteiger partial charge in [0.1, 0.15) is 5.75 Å². The number of rotatable bonds is 4. The number of para-hydroxylation sites is 1. The van der Waals surface area contributed by atoms with Crippen molar-refractivity contribution in [3.05, 3.63) is 58.0 Å². The summed E-state index contributed by atoms with van der Waals surface area (Å²) in [5.41, 5.74) is 0.647. The number of anilines is 1. The van der Waals surface area contributed by atoms with E-state index in [2.05, 4.69) is 15.9 Å². The fraction of sp³-hybridized carbons (Fsp3) is 0.188. The minimum atomic E-state index is -0.600. The van der Waals surface area contributed by atoms with Gasteiger partial charge in [0.25, 0.3) is 5.91 Å². The van der Waals surface area contributed by atoms with Crippen molar-refractivity contribution in [3.63, 3.8) is 0 Å². The largest absolute Gasteiger partial charge is 0.481 e. The van der Waals surface area contributed by atoms with E-state index in [4.69, 9.17) is 16.3 Å². The van der Waals surface area contributed by atoms with E-state index in [1.54, 1.807) is 26.1 Å². The second-order valence-electron chi connectivity index (χ2n) is 4.57. The van der Waals surface area contributed by atoms with E-state index in [1.165, 1.54) is 4.90 Å². The van der Waals surface area contributed by atoms with E-state index in [0.717, 1.165) is 4.47 Å². The molecule has 0 saturated carbocycles. The highest BCUT2D eigenvalue weighted by atomic mass is 79.9. The van der Waals surface area contributed by atoms with Crippen molar-refractivity contribution in [1.29, 1.82) is 0 Å². The summed E-state index contributed by atoms with van der Waals surface area (Å²) in [6, 6.07) is 14.6. The topological polar surface area (TPSA) is 29.5 Å². The number of carbonyl (C=O) groups is 1. The molecular weight excluding hydrogens is 354 g/mol. The number of ether oxygens (including phenoxy) is 1. The Morgan fingerprint density at radius 2 is 1.90 bits per heavy atom. The Labute approximate surface area is 137 Å². The maximum Gasteiger partial charge on any atom is 0.267 e. The molecular formula is C16H15BrClNO2. The monoisotopic (exact) mass is 367 g/mol. The number of nitrogens with zero attached hydrogens (tertiary/aromatic N) is 1. The highest BCUT2D eigenvalue weighted by Gasteiger charge is 2.21. The number of hydrogen-bond donors (Lipinski definition) is 0. The van der Waals surface area contributed by atoms with Crippen LogP contribution in [0.2, 0.25) is 5.02 Å². The third-order valence-electron chi connectivity index (χ3n) is 3.01. The lowest BCUT2D eigenvalue weighted by atomic mass is 10.2. The lowest BCUT2D eigenvalue weighted by Gasteiger charge is -2.23. The van der Waals surface area contributed by atoms with Crippen LogP contribution >= 0.6 is 27.5 Å². The van der Waals surface area contributed by atoms with Crippen LogP contribution in [-0.2, 0) is 4.79 Å². The third-order valence-corrected chi connectivity index (χ3v) is 3.80. The Morgan fingerprint density at radius 1 is 1.24 bits per heavy atom. The average Bonchev–Trinajstić information content (AvgIpc) is 2.47. The van der Waals surface area contributed by atoms with Crippen molar-refractivity contribution in [3.8, 4) is 5.75 Å². The molecule has 1 atom stereocenters. The van der Waals surface area contributed by atoms with Crippen molar-refractivity contribution in [2.45, 2.75) is 13.0 Å². The molecule has 0 aliphatic rings. The van der Waals surface area contributed by atoms with Gasteiger partial charge in [0.2, 0.25) is 0 Å².